The lowest BCUT2D eigenvalue weighted by molar-refractivity contribution is 0.101. The molecule has 0 saturated carbocycles. The Hall–Kier alpha value is -2.29. The normalized spacial score (nSPS) is 10.2. The number of benzene rings is 2. The van der Waals surface area contributed by atoms with Crippen molar-refractivity contribution >= 4 is 17.2 Å². The van der Waals surface area contributed by atoms with Crippen LogP contribution in [0.3, 0.4) is 0 Å². The van der Waals surface area contributed by atoms with Crippen molar-refractivity contribution in [1.29, 1.82) is 0 Å². The molecular weight excluding hydrogens is 236 g/mol. The van der Waals surface area contributed by atoms with Crippen molar-refractivity contribution in [2.24, 2.45) is 0 Å². The highest BCUT2D eigenvalue weighted by Crippen LogP contribution is 2.16. The van der Waals surface area contributed by atoms with Crippen LogP contribution in [0.1, 0.15) is 21.5 Å². The predicted octanol–water partition coefficient (Wildman–Crippen LogP) is 3.18. The number of aryl methyl sites for hydroxylation is 2. The van der Waals surface area contributed by atoms with Gasteiger partial charge in [-0.25, -0.2) is 0 Å². The average Bonchev–Trinajstić information content (AvgIpc) is 2.39. The van der Waals surface area contributed by atoms with Gasteiger partial charge in [-0.05, 0) is 43.2 Å². The Morgan fingerprint density at radius 2 is 1.95 bits per heavy atom. The van der Waals surface area contributed by atoms with E-state index in [9.17, 15) is 4.79 Å². The van der Waals surface area contributed by atoms with Crippen LogP contribution in [0.15, 0.2) is 42.5 Å². The molecule has 0 aliphatic heterocycles. The van der Waals surface area contributed by atoms with Crippen LogP contribution in [-0.4, -0.2) is 12.3 Å². The molecule has 0 aliphatic rings. The van der Waals surface area contributed by atoms with Crippen molar-refractivity contribution in [3.05, 3.63) is 59.2 Å². The number of hydrogen-bond donors (Lipinski definition) is 2. The first kappa shape index (κ1) is 13.1. The highest BCUT2D eigenvalue weighted by molar-refractivity contribution is 5.99. The highest BCUT2D eigenvalue weighted by Gasteiger charge is 2.06. The van der Waals surface area contributed by atoms with Gasteiger partial charge in [-0.1, -0.05) is 24.3 Å². The molecule has 0 bridgehead atoms. The van der Waals surface area contributed by atoms with Crippen LogP contribution in [-0.2, 0) is 0 Å². The first-order chi connectivity index (χ1) is 9.06. The van der Waals surface area contributed by atoms with Gasteiger partial charge >= 0.3 is 0 Å². The van der Waals surface area contributed by atoms with E-state index in [1.54, 1.807) is 24.3 Å². The fourth-order valence-electron chi connectivity index (χ4n) is 1.92. The maximum absolute atomic E-state index is 12.0. The Morgan fingerprint density at radius 3 is 2.68 bits per heavy atom. The van der Waals surface area contributed by atoms with Crippen LogP contribution in [0.4, 0.5) is 11.4 Å². The average molecular weight is 254 g/mol. The maximum atomic E-state index is 12.0. The van der Waals surface area contributed by atoms with Crippen molar-refractivity contribution in [1.82, 2.24) is 0 Å². The second-order valence-corrected chi connectivity index (χ2v) is 4.72. The minimum absolute atomic E-state index is 0.0354. The standard InChI is InChI=1S/C16H18N2O/c1-11-6-7-12(2)15(8-11)18-10-16(19)13-4-3-5-14(17)9-13/h3-9,18H,10,17H2,1-2H3. The maximum Gasteiger partial charge on any atom is 0.181 e. The number of rotatable bonds is 4. The van der Waals surface area contributed by atoms with Gasteiger partial charge in [0, 0.05) is 16.9 Å². The van der Waals surface area contributed by atoms with E-state index >= 15 is 0 Å². The van der Waals surface area contributed by atoms with Gasteiger partial charge in [-0.2, -0.15) is 0 Å². The lowest BCUT2D eigenvalue weighted by atomic mass is 10.1. The molecule has 0 aromatic heterocycles. The van der Waals surface area contributed by atoms with E-state index < -0.39 is 0 Å². The summed E-state index contributed by atoms with van der Waals surface area (Å²) in [5.41, 5.74) is 10.2. The fraction of sp³-hybridized carbons (Fsp3) is 0.188. The second-order valence-electron chi connectivity index (χ2n) is 4.72. The highest BCUT2D eigenvalue weighted by atomic mass is 16.1. The van der Waals surface area contributed by atoms with Crippen molar-refractivity contribution in [2.75, 3.05) is 17.6 Å². The van der Waals surface area contributed by atoms with E-state index in [0.29, 0.717) is 11.3 Å². The van der Waals surface area contributed by atoms with Gasteiger partial charge in [0.05, 0.1) is 6.54 Å². The lowest BCUT2D eigenvalue weighted by Gasteiger charge is -2.10. The predicted molar refractivity (Wildman–Crippen MR) is 79.6 cm³/mol. The fourth-order valence-corrected chi connectivity index (χ4v) is 1.92. The summed E-state index contributed by atoms with van der Waals surface area (Å²) in [6.07, 6.45) is 0. The zero-order valence-corrected chi connectivity index (χ0v) is 11.2. The van der Waals surface area contributed by atoms with E-state index in [-0.39, 0.29) is 12.3 Å². The number of carbonyl (C=O) groups is 1. The molecule has 0 amide bonds. The number of carbonyl (C=O) groups excluding carboxylic acids is 1. The Morgan fingerprint density at radius 1 is 1.16 bits per heavy atom. The largest absolute Gasteiger partial charge is 0.399 e. The van der Waals surface area contributed by atoms with E-state index in [1.165, 1.54) is 5.56 Å². The quantitative estimate of drug-likeness (QED) is 0.651. The Bertz CT molecular complexity index is 605. The van der Waals surface area contributed by atoms with Crippen LogP contribution < -0.4 is 11.1 Å². The SMILES string of the molecule is Cc1ccc(C)c(NCC(=O)c2cccc(N)c2)c1. The van der Waals surface area contributed by atoms with Gasteiger partial charge in [-0.3, -0.25) is 4.79 Å². The smallest absolute Gasteiger partial charge is 0.181 e. The lowest BCUT2D eigenvalue weighted by Crippen LogP contribution is -2.14. The first-order valence-corrected chi connectivity index (χ1v) is 6.26. The summed E-state index contributed by atoms with van der Waals surface area (Å²) < 4.78 is 0. The van der Waals surface area contributed by atoms with Crippen molar-refractivity contribution in [2.45, 2.75) is 13.8 Å². The summed E-state index contributed by atoms with van der Waals surface area (Å²) in [6.45, 7) is 4.32. The van der Waals surface area contributed by atoms with E-state index in [0.717, 1.165) is 11.3 Å². The topological polar surface area (TPSA) is 55.1 Å². The molecule has 0 unspecified atom stereocenters. The summed E-state index contributed by atoms with van der Waals surface area (Å²) in [7, 11) is 0. The molecule has 0 saturated heterocycles. The van der Waals surface area contributed by atoms with Gasteiger partial charge in [0.2, 0.25) is 0 Å². The van der Waals surface area contributed by atoms with Crippen molar-refractivity contribution in [3.63, 3.8) is 0 Å². The number of nitrogens with one attached hydrogen (secondary N) is 1. The number of anilines is 2. The Labute approximate surface area is 113 Å². The van der Waals surface area contributed by atoms with Crippen LogP contribution in [0, 0.1) is 13.8 Å². The Kier molecular flexibility index (Phi) is 3.85. The molecule has 2 aromatic carbocycles. The zero-order chi connectivity index (χ0) is 13.8. The van der Waals surface area contributed by atoms with Gasteiger partial charge in [-0.15, -0.1) is 0 Å². The first-order valence-electron chi connectivity index (χ1n) is 6.26. The third-order valence-electron chi connectivity index (χ3n) is 3.04. The van der Waals surface area contributed by atoms with Gasteiger partial charge in [0.1, 0.15) is 0 Å². The molecule has 3 N–H and O–H groups in total. The molecule has 0 heterocycles. The van der Waals surface area contributed by atoms with Crippen LogP contribution in [0.5, 0.6) is 0 Å². The van der Waals surface area contributed by atoms with Gasteiger partial charge in [0.15, 0.2) is 5.78 Å². The molecule has 2 rings (SSSR count). The van der Waals surface area contributed by atoms with Gasteiger partial charge < -0.3 is 11.1 Å². The molecule has 0 fully saturated rings. The molecule has 0 radical (unpaired) electrons. The van der Waals surface area contributed by atoms with E-state index in [4.69, 9.17) is 5.73 Å². The summed E-state index contributed by atoms with van der Waals surface area (Å²) in [5.74, 6) is 0.0354. The number of Topliss-reactive ketones (excluding diaryl/α,β-unsaturated/α-hetero) is 1. The van der Waals surface area contributed by atoms with E-state index in [2.05, 4.69) is 11.4 Å². The summed E-state index contributed by atoms with van der Waals surface area (Å²) in [5, 5.41) is 3.18. The van der Waals surface area contributed by atoms with Crippen LogP contribution in [0.25, 0.3) is 0 Å². The molecule has 3 nitrogen and oxygen atoms in total. The monoisotopic (exact) mass is 254 g/mol. The van der Waals surface area contributed by atoms with Crippen molar-refractivity contribution in [3.8, 4) is 0 Å². The molecular formula is C16H18N2O. The number of hydrogen-bond acceptors (Lipinski definition) is 3. The van der Waals surface area contributed by atoms with Crippen molar-refractivity contribution < 1.29 is 4.79 Å². The minimum atomic E-state index is 0.0354. The summed E-state index contributed by atoms with van der Waals surface area (Å²) in [4.78, 5) is 12.0. The van der Waals surface area contributed by atoms with E-state index in [1.807, 2.05) is 26.0 Å². The second kappa shape index (κ2) is 5.57. The molecule has 98 valence electrons. The van der Waals surface area contributed by atoms with Crippen LogP contribution in [0.2, 0.25) is 0 Å². The minimum Gasteiger partial charge on any atom is -0.399 e. The molecule has 3 heteroatoms. The number of nitrogen functional groups attached to an aromatic ring is 1. The molecule has 0 spiro atoms. The summed E-state index contributed by atoms with van der Waals surface area (Å²) in [6, 6.07) is 13.2. The summed E-state index contributed by atoms with van der Waals surface area (Å²) >= 11 is 0. The molecule has 19 heavy (non-hydrogen) atoms. The number of ketones is 1. The van der Waals surface area contributed by atoms with Gasteiger partial charge in [0.25, 0.3) is 0 Å². The third-order valence-corrected chi connectivity index (χ3v) is 3.04. The zero-order valence-electron chi connectivity index (χ0n) is 11.2. The Balaban J connectivity index is 2.06. The molecule has 2 aromatic rings. The number of nitrogens with two attached hydrogens (primary N) is 1. The molecule has 0 atom stereocenters. The third kappa shape index (κ3) is 3.35. The molecule has 0 aliphatic carbocycles. The van der Waals surface area contributed by atoms with Crippen LogP contribution >= 0.6 is 0 Å².